The van der Waals surface area contributed by atoms with E-state index in [0.717, 1.165) is 15.6 Å². The summed E-state index contributed by atoms with van der Waals surface area (Å²) >= 11 is 3.39. The molecule has 0 bridgehead atoms. The Morgan fingerprint density at radius 2 is 1.77 bits per heavy atom. The molecule has 118 valence electrons. The molecule has 3 nitrogen and oxygen atoms in total. The van der Waals surface area contributed by atoms with Crippen LogP contribution in [0.3, 0.4) is 0 Å². The number of nitrogens with one attached hydrogen (secondary N) is 1. The summed E-state index contributed by atoms with van der Waals surface area (Å²) in [6, 6.07) is 14.7. The summed E-state index contributed by atoms with van der Waals surface area (Å²) in [5, 5.41) is 0. The fraction of sp³-hybridized carbons (Fsp3) is 0.294. The van der Waals surface area contributed by atoms with Crippen molar-refractivity contribution in [3.63, 3.8) is 0 Å². The first kappa shape index (κ1) is 17.2. The third-order valence-electron chi connectivity index (χ3n) is 3.60. The molecule has 0 aromatic heterocycles. The Hall–Kier alpha value is -1.17. The molecule has 2 rings (SSSR count). The summed E-state index contributed by atoms with van der Waals surface area (Å²) in [6.07, 6.45) is 1.36. The molecule has 0 fully saturated rings. The molecule has 0 spiro atoms. The number of rotatable bonds is 6. The second-order valence-electron chi connectivity index (χ2n) is 5.10. The van der Waals surface area contributed by atoms with E-state index in [1.807, 2.05) is 50.2 Å². The zero-order chi connectivity index (χ0) is 16.2. The van der Waals surface area contributed by atoms with Gasteiger partial charge in [0.1, 0.15) is 0 Å². The van der Waals surface area contributed by atoms with E-state index in [4.69, 9.17) is 0 Å². The van der Waals surface area contributed by atoms with Gasteiger partial charge in [0.15, 0.2) is 0 Å². The van der Waals surface area contributed by atoms with Crippen LogP contribution in [0.5, 0.6) is 0 Å². The van der Waals surface area contributed by atoms with E-state index in [-0.39, 0.29) is 6.04 Å². The van der Waals surface area contributed by atoms with E-state index in [1.165, 1.54) is 0 Å². The topological polar surface area (TPSA) is 46.2 Å². The third-order valence-corrected chi connectivity index (χ3v) is 5.67. The molecule has 2 aromatic carbocycles. The smallest absolute Gasteiger partial charge is 0.207 e. The maximum absolute atomic E-state index is 12.7. The van der Waals surface area contributed by atoms with Crippen molar-refractivity contribution in [3.05, 3.63) is 64.1 Å². The Balaban J connectivity index is 2.35. The van der Waals surface area contributed by atoms with Crippen LogP contribution in [-0.2, 0) is 16.4 Å². The quantitative estimate of drug-likeness (QED) is 0.803. The second kappa shape index (κ2) is 7.40. The highest BCUT2D eigenvalue weighted by molar-refractivity contribution is 9.10. The molecule has 0 saturated carbocycles. The van der Waals surface area contributed by atoms with Gasteiger partial charge in [0.25, 0.3) is 0 Å². The van der Waals surface area contributed by atoms with Gasteiger partial charge in [0.2, 0.25) is 10.0 Å². The van der Waals surface area contributed by atoms with Crippen LogP contribution in [0.15, 0.2) is 57.9 Å². The fourth-order valence-electron chi connectivity index (χ4n) is 2.41. The molecular formula is C17H20BrNO2S. The van der Waals surface area contributed by atoms with Crippen molar-refractivity contribution in [2.24, 2.45) is 0 Å². The van der Waals surface area contributed by atoms with E-state index in [9.17, 15) is 8.42 Å². The number of hydrogen-bond donors (Lipinski definition) is 1. The summed E-state index contributed by atoms with van der Waals surface area (Å²) in [5.74, 6) is 0. The summed E-state index contributed by atoms with van der Waals surface area (Å²) < 4.78 is 29.2. The molecular weight excluding hydrogens is 362 g/mol. The molecule has 1 atom stereocenters. The standard InChI is InChI=1S/C17H20BrNO2S/c1-3-13-12-15(18)10-11-17(13)22(20,21)19-16(4-2)14-8-6-5-7-9-14/h5-12,16,19H,3-4H2,1-2H3. The minimum absolute atomic E-state index is 0.223. The Bertz CT molecular complexity index is 730. The van der Waals surface area contributed by atoms with Gasteiger partial charge in [-0.25, -0.2) is 13.1 Å². The first-order chi connectivity index (χ1) is 10.5. The van der Waals surface area contributed by atoms with Gasteiger partial charge in [-0.3, -0.25) is 0 Å². The van der Waals surface area contributed by atoms with E-state index in [0.29, 0.717) is 17.7 Å². The fourth-order valence-corrected chi connectivity index (χ4v) is 4.42. The third kappa shape index (κ3) is 3.97. The maximum Gasteiger partial charge on any atom is 0.241 e. The number of benzene rings is 2. The monoisotopic (exact) mass is 381 g/mol. The van der Waals surface area contributed by atoms with Crippen LogP contribution in [0.4, 0.5) is 0 Å². The van der Waals surface area contributed by atoms with Crippen LogP contribution in [0.25, 0.3) is 0 Å². The molecule has 0 aliphatic rings. The molecule has 22 heavy (non-hydrogen) atoms. The average molecular weight is 382 g/mol. The highest BCUT2D eigenvalue weighted by Gasteiger charge is 2.22. The lowest BCUT2D eigenvalue weighted by Crippen LogP contribution is -2.29. The number of halogens is 1. The molecule has 0 aliphatic heterocycles. The van der Waals surface area contributed by atoms with E-state index >= 15 is 0 Å². The predicted octanol–water partition coefficient (Wildman–Crippen LogP) is 4.44. The summed E-state index contributed by atoms with van der Waals surface area (Å²) in [7, 11) is -3.55. The van der Waals surface area contributed by atoms with Gasteiger partial charge in [0, 0.05) is 10.5 Å². The number of aryl methyl sites for hydroxylation is 1. The van der Waals surface area contributed by atoms with Gasteiger partial charge in [-0.1, -0.05) is 60.1 Å². The van der Waals surface area contributed by atoms with Crippen LogP contribution in [0.1, 0.15) is 37.4 Å². The highest BCUT2D eigenvalue weighted by atomic mass is 79.9. The van der Waals surface area contributed by atoms with Gasteiger partial charge >= 0.3 is 0 Å². The van der Waals surface area contributed by atoms with Crippen LogP contribution >= 0.6 is 15.9 Å². The minimum Gasteiger partial charge on any atom is -0.207 e. The van der Waals surface area contributed by atoms with E-state index in [1.54, 1.807) is 12.1 Å². The first-order valence-electron chi connectivity index (χ1n) is 7.33. The minimum atomic E-state index is -3.55. The lowest BCUT2D eigenvalue weighted by atomic mass is 10.1. The second-order valence-corrected chi connectivity index (χ2v) is 7.70. The normalized spacial score (nSPS) is 13.0. The lowest BCUT2D eigenvalue weighted by Gasteiger charge is -2.19. The van der Waals surface area contributed by atoms with Crippen molar-refractivity contribution >= 4 is 26.0 Å². The zero-order valence-electron chi connectivity index (χ0n) is 12.7. The van der Waals surface area contributed by atoms with Crippen LogP contribution in [0, 0.1) is 0 Å². The van der Waals surface area contributed by atoms with Crippen molar-refractivity contribution < 1.29 is 8.42 Å². The molecule has 0 radical (unpaired) electrons. The van der Waals surface area contributed by atoms with Crippen molar-refractivity contribution in [1.29, 1.82) is 0 Å². The molecule has 1 unspecified atom stereocenters. The van der Waals surface area contributed by atoms with Gasteiger partial charge in [-0.15, -0.1) is 0 Å². The average Bonchev–Trinajstić information content (AvgIpc) is 2.53. The Morgan fingerprint density at radius 1 is 1.09 bits per heavy atom. The Labute approximate surface area is 140 Å². The summed E-state index contributed by atoms with van der Waals surface area (Å²) in [6.45, 7) is 3.93. The van der Waals surface area contributed by atoms with Gasteiger partial charge in [-0.05, 0) is 42.2 Å². The molecule has 0 heterocycles. The summed E-state index contributed by atoms with van der Waals surface area (Å²) in [5.41, 5.74) is 1.79. The van der Waals surface area contributed by atoms with Gasteiger partial charge < -0.3 is 0 Å². The summed E-state index contributed by atoms with van der Waals surface area (Å²) in [4.78, 5) is 0.354. The molecule has 0 aliphatic carbocycles. The largest absolute Gasteiger partial charge is 0.241 e. The van der Waals surface area contributed by atoms with Gasteiger partial charge in [0.05, 0.1) is 4.90 Å². The molecule has 2 aromatic rings. The van der Waals surface area contributed by atoms with Crippen molar-refractivity contribution in [3.8, 4) is 0 Å². The highest BCUT2D eigenvalue weighted by Crippen LogP contribution is 2.24. The van der Waals surface area contributed by atoms with Crippen molar-refractivity contribution in [2.45, 2.75) is 37.6 Å². The maximum atomic E-state index is 12.7. The Morgan fingerprint density at radius 3 is 2.36 bits per heavy atom. The molecule has 0 saturated heterocycles. The molecule has 1 N–H and O–H groups in total. The van der Waals surface area contributed by atoms with E-state index < -0.39 is 10.0 Å². The number of sulfonamides is 1. The van der Waals surface area contributed by atoms with E-state index in [2.05, 4.69) is 20.7 Å². The van der Waals surface area contributed by atoms with Crippen molar-refractivity contribution in [1.82, 2.24) is 4.72 Å². The zero-order valence-corrected chi connectivity index (χ0v) is 15.1. The van der Waals surface area contributed by atoms with Crippen LogP contribution in [-0.4, -0.2) is 8.42 Å². The van der Waals surface area contributed by atoms with Gasteiger partial charge in [-0.2, -0.15) is 0 Å². The molecule has 0 amide bonds. The van der Waals surface area contributed by atoms with Crippen molar-refractivity contribution in [2.75, 3.05) is 0 Å². The lowest BCUT2D eigenvalue weighted by molar-refractivity contribution is 0.549. The van der Waals surface area contributed by atoms with Crippen LogP contribution in [0.2, 0.25) is 0 Å². The molecule has 5 heteroatoms. The first-order valence-corrected chi connectivity index (χ1v) is 9.61. The number of hydrogen-bond acceptors (Lipinski definition) is 2. The van der Waals surface area contributed by atoms with Crippen LogP contribution < -0.4 is 4.72 Å². The SMILES string of the molecule is CCc1cc(Br)ccc1S(=O)(=O)NC(CC)c1ccccc1. The Kier molecular flexibility index (Phi) is 5.78. The predicted molar refractivity (Wildman–Crippen MR) is 93.3 cm³/mol.